The molecule has 0 saturated carbocycles. The van der Waals surface area contributed by atoms with Crippen molar-refractivity contribution in [3.05, 3.63) is 65.4 Å². The molecule has 0 bridgehead atoms. The van der Waals surface area contributed by atoms with Crippen LogP contribution in [0, 0.1) is 0 Å². The molecule has 1 aliphatic rings. The fourth-order valence-corrected chi connectivity index (χ4v) is 4.22. The van der Waals surface area contributed by atoms with Crippen LogP contribution in [-0.2, 0) is 21.2 Å². The summed E-state index contributed by atoms with van der Waals surface area (Å²) in [6.07, 6.45) is 3.47. The quantitative estimate of drug-likeness (QED) is 0.537. The molecule has 0 unspecified atom stereocenters. The monoisotopic (exact) mass is 445 g/mol. The van der Waals surface area contributed by atoms with Gasteiger partial charge in [-0.25, -0.2) is 13.6 Å². The SMILES string of the molecule is NS(=O)(=O)c1cc(NC(=O)Cc2ccccc2Cl)ccc1-c1cnn(C2CNC2)c1. The Bertz CT molecular complexity index is 1200. The first-order chi connectivity index (χ1) is 14.3. The molecular weight excluding hydrogens is 426 g/mol. The number of amides is 1. The zero-order valence-electron chi connectivity index (χ0n) is 15.9. The van der Waals surface area contributed by atoms with Crippen molar-refractivity contribution >= 4 is 33.2 Å². The largest absolute Gasteiger partial charge is 0.326 e. The third-order valence-electron chi connectivity index (χ3n) is 4.93. The van der Waals surface area contributed by atoms with Crippen LogP contribution in [0.15, 0.2) is 59.8 Å². The first-order valence-corrected chi connectivity index (χ1v) is 11.2. The number of nitrogens with two attached hydrogens (primary N) is 1. The van der Waals surface area contributed by atoms with Crippen LogP contribution in [0.2, 0.25) is 5.02 Å². The number of halogens is 1. The molecule has 0 radical (unpaired) electrons. The zero-order valence-corrected chi connectivity index (χ0v) is 17.4. The fourth-order valence-electron chi connectivity index (χ4n) is 3.23. The highest BCUT2D eigenvalue weighted by Crippen LogP contribution is 2.30. The molecular formula is C20H20ClN5O3S. The number of primary sulfonamides is 1. The number of rotatable bonds is 6. The van der Waals surface area contributed by atoms with E-state index in [1.54, 1.807) is 53.5 Å². The standard InChI is InChI=1S/C20H20ClN5O3S/c21-18-4-2-1-3-13(18)7-20(27)25-15-5-6-17(19(8-15)30(22,28)29)14-9-24-26(12-14)16-10-23-11-16/h1-6,8-9,12,16,23H,7,10-11H2,(H,25,27)(H2,22,28,29). The minimum Gasteiger partial charge on any atom is -0.326 e. The number of aromatic nitrogens is 2. The molecule has 1 aromatic heterocycles. The molecule has 4 rings (SSSR count). The highest BCUT2D eigenvalue weighted by atomic mass is 35.5. The van der Waals surface area contributed by atoms with Crippen molar-refractivity contribution in [3.8, 4) is 11.1 Å². The minimum atomic E-state index is -4.03. The summed E-state index contributed by atoms with van der Waals surface area (Å²) in [6, 6.07) is 11.9. The van der Waals surface area contributed by atoms with Crippen LogP contribution in [0.3, 0.4) is 0 Å². The average Bonchev–Trinajstić information content (AvgIpc) is 3.10. The van der Waals surface area contributed by atoms with Gasteiger partial charge in [-0.1, -0.05) is 35.9 Å². The summed E-state index contributed by atoms with van der Waals surface area (Å²) in [5.41, 5.74) is 2.08. The number of anilines is 1. The topological polar surface area (TPSA) is 119 Å². The molecule has 1 aliphatic heterocycles. The van der Waals surface area contributed by atoms with Crippen molar-refractivity contribution in [2.75, 3.05) is 18.4 Å². The maximum atomic E-state index is 12.4. The highest BCUT2D eigenvalue weighted by Gasteiger charge is 2.22. The third-order valence-corrected chi connectivity index (χ3v) is 6.25. The molecule has 1 saturated heterocycles. The van der Waals surface area contributed by atoms with Crippen molar-refractivity contribution in [2.24, 2.45) is 5.14 Å². The lowest BCUT2D eigenvalue weighted by Gasteiger charge is -2.27. The van der Waals surface area contributed by atoms with Crippen LogP contribution in [0.4, 0.5) is 5.69 Å². The van der Waals surface area contributed by atoms with Gasteiger partial charge in [-0.15, -0.1) is 0 Å². The Morgan fingerprint density at radius 2 is 2.03 bits per heavy atom. The Morgan fingerprint density at radius 1 is 1.27 bits per heavy atom. The van der Waals surface area contributed by atoms with E-state index in [0.29, 0.717) is 27.4 Å². The lowest BCUT2D eigenvalue weighted by Crippen LogP contribution is -2.43. The van der Waals surface area contributed by atoms with Crippen LogP contribution >= 0.6 is 11.6 Å². The van der Waals surface area contributed by atoms with E-state index in [1.165, 1.54) is 6.07 Å². The number of carbonyl (C=O) groups excluding carboxylic acids is 1. The second kappa shape index (κ2) is 8.19. The van der Waals surface area contributed by atoms with E-state index in [2.05, 4.69) is 15.7 Å². The van der Waals surface area contributed by atoms with E-state index in [-0.39, 0.29) is 23.3 Å². The lowest BCUT2D eigenvalue weighted by atomic mass is 10.1. The second-order valence-corrected chi connectivity index (χ2v) is 9.03. The Kier molecular flexibility index (Phi) is 5.61. The van der Waals surface area contributed by atoms with E-state index in [9.17, 15) is 13.2 Å². The second-order valence-electron chi connectivity index (χ2n) is 7.09. The average molecular weight is 446 g/mol. The zero-order chi connectivity index (χ0) is 21.3. The van der Waals surface area contributed by atoms with Crippen molar-refractivity contribution in [3.63, 3.8) is 0 Å². The van der Waals surface area contributed by atoms with Crippen LogP contribution in [0.25, 0.3) is 11.1 Å². The van der Waals surface area contributed by atoms with E-state index < -0.39 is 10.0 Å². The van der Waals surface area contributed by atoms with Gasteiger partial charge in [0.05, 0.1) is 23.6 Å². The maximum Gasteiger partial charge on any atom is 0.238 e. The summed E-state index contributed by atoms with van der Waals surface area (Å²) in [4.78, 5) is 12.3. The summed E-state index contributed by atoms with van der Waals surface area (Å²) in [7, 11) is -4.03. The number of hydrogen-bond acceptors (Lipinski definition) is 5. The number of sulfonamides is 1. The lowest BCUT2D eigenvalue weighted by molar-refractivity contribution is -0.115. The van der Waals surface area contributed by atoms with E-state index in [4.69, 9.17) is 16.7 Å². The molecule has 0 spiro atoms. The van der Waals surface area contributed by atoms with E-state index in [1.807, 2.05) is 0 Å². The van der Waals surface area contributed by atoms with Gasteiger partial charge in [-0.05, 0) is 23.8 Å². The van der Waals surface area contributed by atoms with Crippen molar-refractivity contribution in [1.82, 2.24) is 15.1 Å². The van der Waals surface area contributed by atoms with Crippen LogP contribution in [-0.4, -0.2) is 37.2 Å². The van der Waals surface area contributed by atoms with Gasteiger partial charge in [-0.2, -0.15) is 5.10 Å². The van der Waals surface area contributed by atoms with Gasteiger partial charge in [-0.3, -0.25) is 9.48 Å². The van der Waals surface area contributed by atoms with Gasteiger partial charge in [0.2, 0.25) is 15.9 Å². The molecule has 4 N–H and O–H groups in total. The molecule has 8 nitrogen and oxygen atoms in total. The van der Waals surface area contributed by atoms with Crippen molar-refractivity contribution < 1.29 is 13.2 Å². The normalized spacial score (nSPS) is 14.3. The van der Waals surface area contributed by atoms with Gasteiger partial charge >= 0.3 is 0 Å². The third kappa shape index (κ3) is 4.39. The number of nitrogens with zero attached hydrogens (tertiary/aromatic N) is 2. The molecule has 1 fully saturated rings. The van der Waals surface area contributed by atoms with Crippen LogP contribution in [0.5, 0.6) is 0 Å². The van der Waals surface area contributed by atoms with Gasteiger partial charge < -0.3 is 10.6 Å². The Hall–Kier alpha value is -2.72. The maximum absolute atomic E-state index is 12.4. The molecule has 3 aromatic rings. The summed E-state index contributed by atoms with van der Waals surface area (Å²) < 4.78 is 26.2. The molecule has 30 heavy (non-hydrogen) atoms. The van der Waals surface area contributed by atoms with Gasteiger partial charge in [0.25, 0.3) is 0 Å². The number of benzene rings is 2. The smallest absolute Gasteiger partial charge is 0.238 e. The first kappa shape index (κ1) is 20.5. The summed E-state index contributed by atoms with van der Waals surface area (Å²) in [5.74, 6) is -0.318. The molecule has 2 aromatic carbocycles. The predicted octanol–water partition coefficient (Wildman–Crippen LogP) is 2.18. The number of carbonyl (C=O) groups is 1. The molecule has 10 heteroatoms. The number of hydrogen-bond donors (Lipinski definition) is 3. The summed E-state index contributed by atoms with van der Waals surface area (Å²) in [6.45, 7) is 1.64. The van der Waals surface area contributed by atoms with Crippen molar-refractivity contribution in [1.29, 1.82) is 0 Å². The molecule has 0 atom stereocenters. The van der Waals surface area contributed by atoms with Crippen LogP contribution < -0.4 is 15.8 Å². The van der Waals surface area contributed by atoms with Gasteiger partial charge in [0.1, 0.15) is 0 Å². The summed E-state index contributed by atoms with van der Waals surface area (Å²) >= 11 is 6.10. The first-order valence-electron chi connectivity index (χ1n) is 9.26. The number of nitrogens with one attached hydrogen (secondary N) is 2. The van der Waals surface area contributed by atoms with Crippen LogP contribution in [0.1, 0.15) is 11.6 Å². The Labute approximate surface area is 179 Å². The Balaban J connectivity index is 1.59. The molecule has 0 aliphatic carbocycles. The van der Waals surface area contributed by atoms with Gasteiger partial charge in [0, 0.05) is 41.1 Å². The Morgan fingerprint density at radius 3 is 2.70 bits per heavy atom. The molecule has 156 valence electrons. The highest BCUT2D eigenvalue weighted by molar-refractivity contribution is 7.89. The molecule has 2 heterocycles. The minimum absolute atomic E-state index is 0.0638. The summed E-state index contributed by atoms with van der Waals surface area (Å²) in [5, 5.41) is 16.1. The fraction of sp³-hybridized carbons (Fsp3) is 0.200. The van der Waals surface area contributed by atoms with Gasteiger partial charge in [0.15, 0.2) is 0 Å². The van der Waals surface area contributed by atoms with Crippen molar-refractivity contribution in [2.45, 2.75) is 17.4 Å². The van der Waals surface area contributed by atoms with E-state index in [0.717, 1.165) is 13.1 Å². The van der Waals surface area contributed by atoms with E-state index >= 15 is 0 Å². The molecule has 1 amide bonds. The predicted molar refractivity (Wildman–Crippen MR) is 115 cm³/mol.